The predicted molar refractivity (Wildman–Crippen MR) is 84.1 cm³/mol. The highest BCUT2D eigenvalue weighted by Gasteiger charge is 2.30. The van der Waals surface area contributed by atoms with Gasteiger partial charge in [-0.3, -0.25) is 4.79 Å². The van der Waals surface area contributed by atoms with Crippen LogP contribution in [-0.2, 0) is 19.1 Å². The van der Waals surface area contributed by atoms with Crippen molar-refractivity contribution in [1.29, 1.82) is 0 Å². The Kier molecular flexibility index (Phi) is 7.50. The van der Waals surface area contributed by atoms with E-state index in [9.17, 15) is 19.5 Å². The molecule has 23 heavy (non-hydrogen) atoms. The first kappa shape index (κ1) is 21.2. The van der Waals surface area contributed by atoms with Crippen molar-refractivity contribution < 1.29 is 29.0 Å². The fourth-order valence-corrected chi connectivity index (χ4v) is 1.70. The van der Waals surface area contributed by atoms with E-state index in [4.69, 9.17) is 9.47 Å². The van der Waals surface area contributed by atoms with Crippen LogP contribution in [0.3, 0.4) is 0 Å². The zero-order valence-electron chi connectivity index (χ0n) is 14.9. The van der Waals surface area contributed by atoms with Crippen molar-refractivity contribution in [2.75, 3.05) is 6.54 Å². The number of amides is 2. The normalized spacial score (nSPS) is 14.6. The third-order valence-corrected chi connectivity index (χ3v) is 2.38. The summed E-state index contributed by atoms with van der Waals surface area (Å²) in [5, 5.41) is 13.8. The number of carboxylic acids is 1. The van der Waals surface area contributed by atoms with E-state index >= 15 is 0 Å². The molecule has 0 aromatic heterocycles. The van der Waals surface area contributed by atoms with E-state index in [1.54, 1.807) is 48.5 Å². The number of aliphatic carboxylic acids is 1. The molecule has 0 unspecified atom stereocenters. The van der Waals surface area contributed by atoms with Gasteiger partial charge >= 0.3 is 12.1 Å². The maximum absolute atomic E-state index is 11.8. The number of hydrogen-bond acceptors (Lipinski definition) is 5. The van der Waals surface area contributed by atoms with Crippen molar-refractivity contribution in [2.45, 2.75) is 71.8 Å². The van der Waals surface area contributed by atoms with Crippen LogP contribution in [0.1, 0.15) is 48.5 Å². The van der Waals surface area contributed by atoms with E-state index in [0.29, 0.717) is 0 Å². The summed E-state index contributed by atoms with van der Waals surface area (Å²) in [5.41, 5.74) is -1.23. The molecule has 0 aliphatic rings. The summed E-state index contributed by atoms with van der Waals surface area (Å²) in [6, 6.07) is -1.22. The lowest BCUT2D eigenvalue weighted by Gasteiger charge is -2.29. The first-order valence-electron chi connectivity index (χ1n) is 7.38. The first-order chi connectivity index (χ1) is 10.2. The topological polar surface area (TPSA) is 114 Å². The maximum atomic E-state index is 11.8. The highest BCUT2D eigenvalue weighted by molar-refractivity contribution is 5.86. The second kappa shape index (κ2) is 8.14. The van der Waals surface area contributed by atoms with E-state index in [1.165, 1.54) is 0 Å². The van der Waals surface area contributed by atoms with Gasteiger partial charge in [0.25, 0.3) is 0 Å². The monoisotopic (exact) mass is 332 g/mol. The highest BCUT2D eigenvalue weighted by atomic mass is 16.6. The molecule has 0 aliphatic carbocycles. The number of carbonyl (C=O) groups is 3. The van der Waals surface area contributed by atoms with Gasteiger partial charge in [0.2, 0.25) is 5.91 Å². The van der Waals surface area contributed by atoms with Gasteiger partial charge in [-0.1, -0.05) is 0 Å². The van der Waals surface area contributed by atoms with Crippen LogP contribution in [0.4, 0.5) is 4.79 Å². The van der Waals surface area contributed by atoms with Crippen LogP contribution in [0, 0.1) is 0 Å². The van der Waals surface area contributed by atoms with Crippen molar-refractivity contribution in [1.82, 2.24) is 10.6 Å². The second-order valence-electron chi connectivity index (χ2n) is 7.17. The minimum atomic E-state index is -1.22. The van der Waals surface area contributed by atoms with Crippen molar-refractivity contribution in [2.24, 2.45) is 0 Å². The summed E-state index contributed by atoms with van der Waals surface area (Å²) in [6.45, 7) is 11.6. The number of nitrogens with one attached hydrogen (secondary N) is 2. The van der Waals surface area contributed by atoms with Gasteiger partial charge in [0.15, 0.2) is 6.04 Å². The van der Waals surface area contributed by atoms with Gasteiger partial charge < -0.3 is 25.2 Å². The molecule has 8 nitrogen and oxygen atoms in total. The van der Waals surface area contributed by atoms with Gasteiger partial charge in [0.1, 0.15) is 12.1 Å². The molecule has 0 saturated heterocycles. The van der Waals surface area contributed by atoms with Crippen LogP contribution in [0.5, 0.6) is 0 Å². The summed E-state index contributed by atoms with van der Waals surface area (Å²) in [4.78, 5) is 34.5. The van der Waals surface area contributed by atoms with Crippen LogP contribution in [-0.4, -0.2) is 53.0 Å². The molecular formula is C15H28N2O6. The van der Waals surface area contributed by atoms with Crippen LogP contribution >= 0.6 is 0 Å². The molecule has 0 heterocycles. The van der Waals surface area contributed by atoms with E-state index in [0.717, 1.165) is 0 Å². The van der Waals surface area contributed by atoms with Gasteiger partial charge in [-0.2, -0.15) is 0 Å². The average Bonchev–Trinajstić information content (AvgIpc) is 2.28. The minimum Gasteiger partial charge on any atom is -0.480 e. The lowest BCUT2D eigenvalue weighted by atomic mass is 10.1. The van der Waals surface area contributed by atoms with E-state index in [1.807, 2.05) is 0 Å². The molecule has 0 aromatic rings. The molecule has 0 fully saturated rings. The Labute approximate surface area is 136 Å². The lowest BCUT2D eigenvalue weighted by molar-refractivity contribution is -0.150. The fourth-order valence-electron chi connectivity index (χ4n) is 1.70. The van der Waals surface area contributed by atoms with Crippen molar-refractivity contribution in [3.8, 4) is 0 Å². The Morgan fingerprint density at radius 3 is 1.96 bits per heavy atom. The zero-order valence-corrected chi connectivity index (χ0v) is 14.9. The number of alkyl carbamates (subject to hydrolysis) is 1. The van der Waals surface area contributed by atoms with Crippen molar-refractivity contribution >= 4 is 18.0 Å². The number of carboxylic acid groups (broad SMARTS) is 1. The summed E-state index contributed by atoms with van der Waals surface area (Å²) in [6.07, 6.45) is -1.49. The minimum absolute atomic E-state index is 0.388. The Morgan fingerprint density at radius 2 is 1.57 bits per heavy atom. The molecular weight excluding hydrogens is 304 g/mol. The van der Waals surface area contributed by atoms with Crippen LogP contribution in [0.2, 0.25) is 0 Å². The highest BCUT2D eigenvalue weighted by Crippen LogP contribution is 2.13. The quantitative estimate of drug-likeness (QED) is 0.675. The predicted octanol–water partition coefficient (Wildman–Crippen LogP) is 1.28. The second-order valence-corrected chi connectivity index (χ2v) is 7.17. The van der Waals surface area contributed by atoms with Crippen LogP contribution in [0.15, 0.2) is 0 Å². The standard InChI is InChI=1S/C15H28N2O6/c1-9(22-14(2,3)4)11(12(19)20)17-10(18)8-16-13(21)23-15(5,6)7/h9,11H,8H2,1-7H3,(H,16,21)(H,17,18)(H,19,20)/t9-,11+/m0/s1. The zero-order chi connectivity index (χ0) is 18.4. The lowest BCUT2D eigenvalue weighted by Crippen LogP contribution is -2.52. The Morgan fingerprint density at radius 1 is 1.04 bits per heavy atom. The molecule has 8 heteroatoms. The van der Waals surface area contributed by atoms with Crippen LogP contribution < -0.4 is 10.6 Å². The molecule has 0 aromatic carbocycles. The van der Waals surface area contributed by atoms with Gasteiger partial charge in [-0.25, -0.2) is 9.59 Å². The third kappa shape index (κ3) is 10.5. The number of ether oxygens (including phenoxy) is 2. The largest absolute Gasteiger partial charge is 0.480 e. The van der Waals surface area contributed by atoms with Crippen molar-refractivity contribution in [3.05, 3.63) is 0 Å². The van der Waals surface area contributed by atoms with E-state index < -0.39 is 41.3 Å². The molecule has 0 spiro atoms. The number of hydrogen-bond donors (Lipinski definition) is 3. The molecule has 0 aliphatic heterocycles. The summed E-state index contributed by atoms with van der Waals surface area (Å²) in [5.74, 6) is -1.86. The van der Waals surface area contributed by atoms with Gasteiger partial charge in [-0.05, 0) is 48.5 Å². The molecule has 0 bridgehead atoms. The van der Waals surface area contributed by atoms with Gasteiger partial charge in [-0.15, -0.1) is 0 Å². The Bertz CT molecular complexity index is 436. The summed E-state index contributed by atoms with van der Waals surface area (Å²) in [7, 11) is 0. The van der Waals surface area contributed by atoms with Crippen molar-refractivity contribution in [3.63, 3.8) is 0 Å². The molecule has 2 atom stereocenters. The first-order valence-corrected chi connectivity index (χ1v) is 7.38. The molecule has 2 amide bonds. The molecule has 3 N–H and O–H groups in total. The SMILES string of the molecule is C[C@H](OC(C)(C)C)[C@@H](NC(=O)CNC(=O)OC(C)(C)C)C(=O)O. The average molecular weight is 332 g/mol. The number of carbonyl (C=O) groups excluding carboxylic acids is 2. The smallest absolute Gasteiger partial charge is 0.408 e. The third-order valence-electron chi connectivity index (χ3n) is 2.38. The van der Waals surface area contributed by atoms with Gasteiger partial charge in [0.05, 0.1) is 11.7 Å². The molecule has 0 rings (SSSR count). The van der Waals surface area contributed by atoms with E-state index in [-0.39, 0.29) is 6.54 Å². The molecule has 0 saturated carbocycles. The molecule has 134 valence electrons. The van der Waals surface area contributed by atoms with Gasteiger partial charge in [0, 0.05) is 0 Å². The Hall–Kier alpha value is -1.83. The maximum Gasteiger partial charge on any atom is 0.408 e. The summed E-state index contributed by atoms with van der Waals surface area (Å²) >= 11 is 0. The molecule has 0 radical (unpaired) electrons. The van der Waals surface area contributed by atoms with E-state index in [2.05, 4.69) is 10.6 Å². The summed E-state index contributed by atoms with van der Waals surface area (Å²) < 4.78 is 10.5. The fraction of sp³-hybridized carbons (Fsp3) is 0.800. The Balaban J connectivity index is 4.52. The van der Waals surface area contributed by atoms with Crippen LogP contribution in [0.25, 0.3) is 0 Å². The number of rotatable bonds is 6.